The fraction of sp³-hybridized carbons (Fsp3) is 0.267. The molecule has 0 amide bonds. The first kappa shape index (κ1) is 37.0. The van der Waals surface area contributed by atoms with Crippen molar-refractivity contribution in [2.45, 2.75) is 35.0 Å². The van der Waals surface area contributed by atoms with E-state index in [-0.39, 0.29) is 66.4 Å². The molecule has 19 heteroatoms. The van der Waals surface area contributed by atoms with Gasteiger partial charge >= 0.3 is 0 Å². The van der Waals surface area contributed by atoms with Gasteiger partial charge in [-0.25, -0.2) is 16.8 Å². The molecule has 4 aromatic rings. The molecule has 4 N–H and O–H groups in total. The van der Waals surface area contributed by atoms with Gasteiger partial charge in [-0.2, -0.15) is 8.42 Å². The Hall–Kier alpha value is -4.85. The number of nitrogen functional groups attached to an aromatic ring is 1. The molecule has 0 aliphatic carbocycles. The maximum Gasteiger partial charge on any atom is 0.296 e. The molecule has 0 spiro atoms. The van der Waals surface area contributed by atoms with Gasteiger partial charge in [0.05, 0.1) is 48.8 Å². The molecule has 16 nitrogen and oxygen atoms in total. The zero-order chi connectivity index (χ0) is 36.3. The van der Waals surface area contributed by atoms with Crippen LogP contribution in [0.4, 0.5) is 28.4 Å². The summed E-state index contributed by atoms with van der Waals surface area (Å²) in [6.45, 7) is 3.18. The van der Waals surface area contributed by atoms with Crippen LogP contribution >= 0.6 is 0 Å². The lowest BCUT2D eigenvalue weighted by Crippen LogP contribution is -2.06. The molecule has 0 aliphatic heterocycles. The smallest absolute Gasteiger partial charge is 0.296 e. The molecule has 0 radical (unpaired) electrons. The second-order valence-corrected chi connectivity index (χ2v) is 16.0. The van der Waals surface area contributed by atoms with Crippen LogP contribution in [-0.4, -0.2) is 67.7 Å². The van der Waals surface area contributed by atoms with Crippen LogP contribution in [0, 0.1) is 0 Å². The SMILES string of the molecule is CCCS(=O)(=O)c1ccc(OC)c(N=Nc2c(S(=O)(=O)O)cc3ccc(N=Nc4cc(OC)c(S(=O)(=O)CC)cc4OC)c(O)c3c2N)c1. The van der Waals surface area contributed by atoms with Gasteiger partial charge in [0.1, 0.15) is 49.8 Å². The van der Waals surface area contributed by atoms with Crippen LogP contribution in [0.2, 0.25) is 0 Å². The molecule has 4 aromatic carbocycles. The van der Waals surface area contributed by atoms with Crippen molar-refractivity contribution in [2.24, 2.45) is 20.5 Å². The molecule has 0 bridgehead atoms. The Balaban J connectivity index is 1.89. The van der Waals surface area contributed by atoms with Crippen LogP contribution in [0.25, 0.3) is 10.8 Å². The number of hydrogen-bond donors (Lipinski definition) is 3. The van der Waals surface area contributed by atoms with Crippen LogP contribution in [0.1, 0.15) is 20.3 Å². The maximum absolute atomic E-state index is 12.7. The number of rotatable bonds is 13. The molecule has 0 aliphatic rings. The Labute approximate surface area is 282 Å². The number of phenolic OH excluding ortho intramolecular Hbond substituents is 1. The van der Waals surface area contributed by atoms with Crippen molar-refractivity contribution in [1.82, 2.24) is 0 Å². The normalized spacial score (nSPS) is 12.6. The lowest BCUT2D eigenvalue weighted by atomic mass is 10.1. The molecule has 0 fully saturated rings. The highest BCUT2D eigenvalue weighted by molar-refractivity contribution is 7.91. The van der Waals surface area contributed by atoms with Crippen molar-refractivity contribution in [3.8, 4) is 23.0 Å². The van der Waals surface area contributed by atoms with Crippen molar-refractivity contribution >= 4 is 69.0 Å². The fourth-order valence-electron chi connectivity index (χ4n) is 4.71. The summed E-state index contributed by atoms with van der Waals surface area (Å²) in [6, 6.07) is 10.1. The molecule has 0 atom stereocenters. The number of fused-ring (bicyclic) bond motifs is 1. The number of nitrogens with zero attached hydrogens (tertiary/aromatic N) is 4. The summed E-state index contributed by atoms with van der Waals surface area (Å²) in [4.78, 5) is -0.935. The number of anilines is 1. The highest BCUT2D eigenvalue weighted by Crippen LogP contribution is 2.46. The van der Waals surface area contributed by atoms with E-state index in [1.807, 2.05) is 0 Å². The number of methoxy groups -OCH3 is 3. The lowest BCUT2D eigenvalue weighted by Gasteiger charge is -2.13. The molecular formula is C30H33N5O11S3. The van der Waals surface area contributed by atoms with E-state index < -0.39 is 51.8 Å². The maximum atomic E-state index is 12.7. The topological polar surface area (TPSA) is 246 Å². The number of phenols is 1. The van der Waals surface area contributed by atoms with Crippen LogP contribution in [0.5, 0.6) is 23.0 Å². The number of azo groups is 2. The highest BCUT2D eigenvalue weighted by Gasteiger charge is 2.25. The zero-order valence-electron chi connectivity index (χ0n) is 26.9. The highest BCUT2D eigenvalue weighted by atomic mass is 32.2. The van der Waals surface area contributed by atoms with Crippen LogP contribution in [0.15, 0.2) is 83.7 Å². The summed E-state index contributed by atoms with van der Waals surface area (Å²) in [5.74, 6) is -0.753. The Bertz CT molecular complexity index is 2330. The van der Waals surface area contributed by atoms with E-state index in [2.05, 4.69) is 20.5 Å². The van der Waals surface area contributed by atoms with Gasteiger partial charge in [-0.3, -0.25) is 4.55 Å². The number of sulfone groups is 2. The second-order valence-electron chi connectivity index (χ2n) is 10.3. The summed E-state index contributed by atoms with van der Waals surface area (Å²) < 4.78 is 101. The first-order valence-corrected chi connectivity index (χ1v) is 19.1. The van der Waals surface area contributed by atoms with E-state index in [0.717, 1.165) is 6.07 Å². The van der Waals surface area contributed by atoms with Gasteiger partial charge in [0, 0.05) is 12.1 Å². The minimum Gasteiger partial charge on any atom is -0.505 e. The second kappa shape index (κ2) is 14.3. The third-order valence-electron chi connectivity index (χ3n) is 7.20. The first-order chi connectivity index (χ1) is 23.0. The predicted octanol–water partition coefficient (Wildman–Crippen LogP) is 6.21. The Morgan fingerprint density at radius 3 is 1.90 bits per heavy atom. The average Bonchev–Trinajstić information content (AvgIpc) is 3.06. The lowest BCUT2D eigenvalue weighted by molar-refractivity contribution is 0.393. The molecule has 49 heavy (non-hydrogen) atoms. The third-order valence-corrected chi connectivity index (χ3v) is 11.7. The summed E-state index contributed by atoms with van der Waals surface area (Å²) >= 11 is 0. The number of hydrogen-bond acceptors (Lipinski definition) is 15. The fourth-order valence-corrected chi connectivity index (χ4v) is 7.77. The summed E-state index contributed by atoms with van der Waals surface area (Å²) in [7, 11) is -8.43. The third kappa shape index (κ3) is 7.58. The van der Waals surface area contributed by atoms with E-state index >= 15 is 0 Å². The molecular weight excluding hydrogens is 703 g/mol. The van der Waals surface area contributed by atoms with Gasteiger partial charge in [-0.05, 0) is 42.1 Å². The first-order valence-electron chi connectivity index (χ1n) is 14.3. The minimum atomic E-state index is -4.96. The standard InChI is InChI=1S/C30H33N5O11S3/c1-6-12-48(39,40)18-9-11-22(44-3)20(14-18)34-35-29-26(49(41,42)43)13-17-8-10-19(30(36)27(17)28(29)31)32-33-21-15-24(46-5)25(16-23(21)45-4)47(37,38)7-2/h8-11,13-16,36H,6-7,12,31H2,1-5H3,(H,41,42,43). The summed E-state index contributed by atoms with van der Waals surface area (Å²) in [5.41, 5.74) is 5.16. The van der Waals surface area contributed by atoms with Gasteiger partial charge in [0.2, 0.25) is 0 Å². The monoisotopic (exact) mass is 735 g/mol. The van der Waals surface area contributed by atoms with Crippen molar-refractivity contribution in [2.75, 3.05) is 38.6 Å². The zero-order valence-corrected chi connectivity index (χ0v) is 29.3. The average molecular weight is 736 g/mol. The molecule has 0 aromatic heterocycles. The number of nitrogens with two attached hydrogens (primary N) is 1. The predicted molar refractivity (Wildman–Crippen MR) is 181 cm³/mol. The molecule has 0 heterocycles. The molecule has 0 unspecified atom stereocenters. The molecule has 0 saturated carbocycles. The largest absolute Gasteiger partial charge is 0.505 e. The van der Waals surface area contributed by atoms with Crippen molar-refractivity contribution in [3.05, 3.63) is 48.5 Å². The number of ether oxygens (including phenoxy) is 3. The van der Waals surface area contributed by atoms with Crippen molar-refractivity contribution in [3.63, 3.8) is 0 Å². The van der Waals surface area contributed by atoms with E-state index in [0.29, 0.717) is 6.42 Å². The van der Waals surface area contributed by atoms with Crippen molar-refractivity contribution < 1.29 is 49.1 Å². The van der Waals surface area contributed by atoms with Gasteiger partial charge in [0.15, 0.2) is 25.4 Å². The number of aromatic hydroxyl groups is 1. The summed E-state index contributed by atoms with van der Waals surface area (Å²) in [6.07, 6.45) is 0.360. The Morgan fingerprint density at radius 1 is 0.694 bits per heavy atom. The van der Waals surface area contributed by atoms with Gasteiger partial charge < -0.3 is 25.1 Å². The van der Waals surface area contributed by atoms with Crippen LogP contribution in [0.3, 0.4) is 0 Å². The Kier molecular flexibility index (Phi) is 10.8. The van der Waals surface area contributed by atoms with Gasteiger partial charge in [-0.15, -0.1) is 20.5 Å². The molecule has 0 saturated heterocycles. The van der Waals surface area contributed by atoms with Gasteiger partial charge in [0.25, 0.3) is 10.1 Å². The van der Waals surface area contributed by atoms with E-state index in [9.17, 15) is 34.9 Å². The van der Waals surface area contributed by atoms with Gasteiger partial charge in [-0.1, -0.05) is 19.9 Å². The molecule has 262 valence electrons. The van der Waals surface area contributed by atoms with E-state index in [1.54, 1.807) is 6.92 Å². The Morgan fingerprint density at radius 2 is 1.31 bits per heavy atom. The quantitative estimate of drug-likeness (QED) is 0.0788. The number of benzene rings is 4. The molecule has 4 rings (SSSR count). The van der Waals surface area contributed by atoms with E-state index in [1.165, 1.54) is 70.7 Å². The van der Waals surface area contributed by atoms with E-state index in [4.69, 9.17) is 19.9 Å². The van der Waals surface area contributed by atoms with Crippen molar-refractivity contribution in [1.29, 1.82) is 0 Å². The van der Waals surface area contributed by atoms with Crippen LogP contribution in [-0.2, 0) is 29.8 Å². The summed E-state index contributed by atoms with van der Waals surface area (Å²) in [5, 5.41) is 27.3. The minimum absolute atomic E-state index is 0.0125. The van der Waals surface area contributed by atoms with Crippen LogP contribution < -0.4 is 19.9 Å².